The molecule has 3 rings (SSSR count). The van der Waals surface area contributed by atoms with Crippen molar-refractivity contribution in [1.82, 2.24) is 20.0 Å². The minimum absolute atomic E-state index is 0.0516. The van der Waals surface area contributed by atoms with E-state index in [-0.39, 0.29) is 5.41 Å². The summed E-state index contributed by atoms with van der Waals surface area (Å²) in [7, 11) is 1.58. The van der Waals surface area contributed by atoms with Crippen molar-refractivity contribution in [2.75, 3.05) is 7.11 Å². The van der Waals surface area contributed by atoms with Crippen LogP contribution in [0, 0.1) is 0 Å². The van der Waals surface area contributed by atoms with Gasteiger partial charge in [-0.05, 0) is 23.6 Å². The highest BCUT2D eigenvalue weighted by Crippen LogP contribution is 2.33. The quantitative estimate of drug-likeness (QED) is 0.741. The van der Waals surface area contributed by atoms with Crippen molar-refractivity contribution in [2.24, 2.45) is 0 Å². The van der Waals surface area contributed by atoms with Crippen molar-refractivity contribution >= 4 is 0 Å². The number of para-hydroxylation sites is 1. The van der Waals surface area contributed by atoms with E-state index in [1.165, 1.54) is 0 Å². The summed E-state index contributed by atoms with van der Waals surface area (Å²) in [6.45, 7) is 6.50. The number of hydrogen-bond donors (Lipinski definition) is 0. The maximum absolute atomic E-state index is 5.10. The van der Waals surface area contributed by atoms with Gasteiger partial charge in [-0.15, -0.1) is 10.2 Å². The van der Waals surface area contributed by atoms with Crippen LogP contribution in [-0.2, 0) is 5.41 Å². The van der Waals surface area contributed by atoms with Gasteiger partial charge in [-0.25, -0.2) is 4.68 Å². The Balaban J connectivity index is 2.20. The van der Waals surface area contributed by atoms with Crippen LogP contribution in [-0.4, -0.2) is 27.1 Å². The summed E-state index contributed by atoms with van der Waals surface area (Å²) in [6, 6.07) is 13.8. The Kier molecular flexibility index (Phi) is 3.86. The third-order valence-corrected chi connectivity index (χ3v) is 3.67. The molecule has 0 aliphatic rings. The first-order valence-electron chi connectivity index (χ1n) is 7.53. The zero-order chi connectivity index (χ0) is 16.4. The molecule has 1 aromatic carbocycles. The molecule has 0 spiro atoms. The molecule has 0 saturated heterocycles. The van der Waals surface area contributed by atoms with Gasteiger partial charge in [0, 0.05) is 11.6 Å². The second kappa shape index (κ2) is 5.83. The largest absolute Gasteiger partial charge is 0.480 e. The Morgan fingerprint density at radius 3 is 2.26 bits per heavy atom. The number of ether oxygens (including phenoxy) is 1. The highest BCUT2D eigenvalue weighted by Gasteiger charge is 2.25. The molecule has 0 amide bonds. The lowest BCUT2D eigenvalue weighted by molar-refractivity contribution is 0.392. The highest BCUT2D eigenvalue weighted by atomic mass is 16.5. The molecule has 23 heavy (non-hydrogen) atoms. The van der Waals surface area contributed by atoms with E-state index in [1.807, 2.05) is 53.3 Å². The van der Waals surface area contributed by atoms with E-state index < -0.39 is 0 Å². The Morgan fingerprint density at radius 2 is 1.70 bits per heavy atom. The summed E-state index contributed by atoms with van der Waals surface area (Å²) in [5.41, 5.74) is 3.80. The first-order chi connectivity index (χ1) is 11.0. The van der Waals surface area contributed by atoms with E-state index in [0.29, 0.717) is 5.88 Å². The number of aromatic nitrogens is 4. The van der Waals surface area contributed by atoms with Gasteiger partial charge in [0.2, 0.25) is 5.88 Å². The average molecular weight is 308 g/mol. The maximum atomic E-state index is 5.10. The molecule has 0 aliphatic carbocycles. The molecule has 2 aromatic heterocycles. The Labute approximate surface area is 135 Å². The minimum Gasteiger partial charge on any atom is -0.480 e. The van der Waals surface area contributed by atoms with Gasteiger partial charge in [-0.3, -0.25) is 0 Å². The van der Waals surface area contributed by atoms with Gasteiger partial charge in [0.1, 0.15) is 5.69 Å². The molecule has 2 heterocycles. The van der Waals surface area contributed by atoms with Gasteiger partial charge < -0.3 is 4.74 Å². The fourth-order valence-corrected chi connectivity index (χ4v) is 2.46. The van der Waals surface area contributed by atoms with Crippen LogP contribution in [0.3, 0.4) is 0 Å². The Hall–Kier alpha value is -2.69. The van der Waals surface area contributed by atoms with Crippen molar-refractivity contribution in [3.05, 3.63) is 54.2 Å². The van der Waals surface area contributed by atoms with Crippen molar-refractivity contribution < 1.29 is 4.74 Å². The van der Waals surface area contributed by atoms with Crippen molar-refractivity contribution in [2.45, 2.75) is 26.2 Å². The standard InChI is InChI=1S/C18H20N4O/c1-18(2,3)14-12-19-22(13-8-6-5-7-9-13)17(14)15-10-11-16(23-4)21-20-15/h5-12H,1-4H3. The zero-order valence-electron chi connectivity index (χ0n) is 13.8. The molecule has 0 fully saturated rings. The predicted molar refractivity (Wildman–Crippen MR) is 89.8 cm³/mol. The lowest BCUT2D eigenvalue weighted by Gasteiger charge is -2.19. The van der Waals surface area contributed by atoms with E-state index >= 15 is 0 Å². The number of hydrogen-bond acceptors (Lipinski definition) is 4. The molecule has 0 atom stereocenters. The first-order valence-corrected chi connectivity index (χ1v) is 7.53. The molecule has 0 bridgehead atoms. The van der Waals surface area contributed by atoms with Crippen molar-refractivity contribution in [3.8, 4) is 23.0 Å². The monoisotopic (exact) mass is 308 g/mol. The van der Waals surface area contributed by atoms with E-state index in [0.717, 1.165) is 22.6 Å². The first kappa shape index (κ1) is 15.2. The SMILES string of the molecule is COc1ccc(-c2c(C(C)(C)C)cnn2-c2ccccc2)nn1. The fourth-order valence-electron chi connectivity index (χ4n) is 2.46. The second-order valence-corrected chi connectivity index (χ2v) is 6.37. The van der Waals surface area contributed by atoms with Gasteiger partial charge in [0.25, 0.3) is 0 Å². The van der Waals surface area contributed by atoms with Crippen molar-refractivity contribution in [1.29, 1.82) is 0 Å². The smallest absolute Gasteiger partial charge is 0.233 e. The van der Waals surface area contributed by atoms with Crippen LogP contribution in [0.2, 0.25) is 0 Å². The summed E-state index contributed by atoms with van der Waals surface area (Å²) in [5.74, 6) is 0.497. The topological polar surface area (TPSA) is 52.8 Å². The minimum atomic E-state index is -0.0516. The molecule has 0 saturated carbocycles. The Morgan fingerprint density at radius 1 is 0.957 bits per heavy atom. The van der Waals surface area contributed by atoms with E-state index in [9.17, 15) is 0 Å². The lowest BCUT2D eigenvalue weighted by Crippen LogP contribution is -2.13. The summed E-state index contributed by atoms with van der Waals surface area (Å²) in [5, 5.41) is 13.0. The van der Waals surface area contributed by atoms with E-state index in [4.69, 9.17) is 4.74 Å². The Bertz CT molecular complexity index is 786. The van der Waals surface area contributed by atoms with Gasteiger partial charge in [-0.2, -0.15) is 5.10 Å². The van der Waals surface area contributed by atoms with Gasteiger partial charge in [0.15, 0.2) is 0 Å². The highest BCUT2D eigenvalue weighted by molar-refractivity contribution is 5.63. The summed E-state index contributed by atoms with van der Waals surface area (Å²) < 4.78 is 7.02. The summed E-state index contributed by atoms with van der Waals surface area (Å²) >= 11 is 0. The number of nitrogens with zero attached hydrogens (tertiary/aromatic N) is 4. The third kappa shape index (κ3) is 2.95. The molecule has 118 valence electrons. The third-order valence-electron chi connectivity index (χ3n) is 3.67. The van der Waals surface area contributed by atoms with Crippen LogP contribution in [0.25, 0.3) is 17.1 Å². The zero-order valence-corrected chi connectivity index (χ0v) is 13.8. The maximum Gasteiger partial charge on any atom is 0.233 e. The van der Waals surface area contributed by atoms with Crippen LogP contribution in [0.4, 0.5) is 0 Å². The number of rotatable bonds is 3. The summed E-state index contributed by atoms with van der Waals surface area (Å²) in [6.07, 6.45) is 1.91. The normalized spacial score (nSPS) is 11.5. The fraction of sp³-hybridized carbons (Fsp3) is 0.278. The van der Waals surface area contributed by atoms with Crippen LogP contribution >= 0.6 is 0 Å². The molecule has 0 N–H and O–H groups in total. The molecule has 0 unspecified atom stereocenters. The average Bonchev–Trinajstić information content (AvgIpc) is 3.01. The molecule has 0 aliphatic heterocycles. The van der Waals surface area contributed by atoms with Crippen LogP contribution in [0.15, 0.2) is 48.7 Å². The van der Waals surface area contributed by atoms with E-state index in [2.05, 4.69) is 36.1 Å². The number of benzene rings is 1. The predicted octanol–water partition coefficient (Wildman–Crippen LogP) is 3.64. The molecular weight excluding hydrogens is 288 g/mol. The van der Waals surface area contributed by atoms with Crippen LogP contribution in [0.1, 0.15) is 26.3 Å². The van der Waals surface area contributed by atoms with Crippen LogP contribution in [0.5, 0.6) is 5.88 Å². The van der Waals surface area contributed by atoms with E-state index in [1.54, 1.807) is 7.11 Å². The molecule has 5 nitrogen and oxygen atoms in total. The summed E-state index contributed by atoms with van der Waals surface area (Å²) in [4.78, 5) is 0. The molecule has 5 heteroatoms. The molecular formula is C18H20N4O. The second-order valence-electron chi connectivity index (χ2n) is 6.37. The van der Waals surface area contributed by atoms with Gasteiger partial charge in [-0.1, -0.05) is 39.0 Å². The molecule has 0 radical (unpaired) electrons. The van der Waals surface area contributed by atoms with Crippen LogP contribution < -0.4 is 4.74 Å². The van der Waals surface area contributed by atoms with Gasteiger partial charge >= 0.3 is 0 Å². The van der Waals surface area contributed by atoms with Gasteiger partial charge in [0.05, 0.1) is 24.7 Å². The van der Waals surface area contributed by atoms with Crippen molar-refractivity contribution in [3.63, 3.8) is 0 Å². The lowest BCUT2D eigenvalue weighted by atomic mass is 9.86. The number of methoxy groups -OCH3 is 1. The molecule has 3 aromatic rings.